The number of amides is 1. The average Bonchev–Trinajstić information content (AvgIpc) is 3.16. The van der Waals surface area contributed by atoms with Crippen LogP contribution in [0.4, 0.5) is 5.69 Å². The van der Waals surface area contributed by atoms with Gasteiger partial charge in [-0.3, -0.25) is 9.10 Å². The lowest BCUT2D eigenvalue weighted by Gasteiger charge is -2.28. The third-order valence-electron chi connectivity index (χ3n) is 4.36. The molecule has 158 valence electrons. The third kappa shape index (κ3) is 5.17. The fraction of sp³-hybridized carbons (Fsp3) is 0.250. The number of hydrogen-bond donors (Lipinski definition) is 1. The van der Waals surface area contributed by atoms with Crippen molar-refractivity contribution < 1.29 is 17.7 Å². The van der Waals surface area contributed by atoms with Crippen LogP contribution in [-0.4, -0.2) is 36.8 Å². The molecule has 1 heterocycles. The van der Waals surface area contributed by atoms with Gasteiger partial charge in [0, 0.05) is 10.6 Å². The Hall–Kier alpha value is -2.91. The minimum Gasteiger partial charge on any atom is -0.345 e. The third-order valence-corrected chi connectivity index (χ3v) is 5.85. The van der Waals surface area contributed by atoms with Crippen molar-refractivity contribution in [1.29, 1.82) is 0 Å². The zero-order chi connectivity index (χ0) is 21.9. The lowest BCUT2D eigenvalue weighted by Crippen LogP contribution is -2.47. The van der Waals surface area contributed by atoms with Crippen molar-refractivity contribution >= 4 is 33.2 Å². The first-order chi connectivity index (χ1) is 14.1. The van der Waals surface area contributed by atoms with Crippen molar-refractivity contribution in [2.45, 2.75) is 26.4 Å². The van der Waals surface area contributed by atoms with Gasteiger partial charge in [-0.15, -0.1) is 0 Å². The van der Waals surface area contributed by atoms with Crippen molar-refractivity contribution in [2.24, 2.45) is 0 Å². The molecule has 10 heteroatoms. The first-order valence-corrected chi connectivity index (χ1v) is 11.3. The SMILES string of the molecule is Cc1ccc(-c2noc(CNC(=O)[C@H](C)N(c3ccc(Cl)cc3)S(C)(=O)=O)n2)cc1. The molecule has 3 rings (SSSR count). The number of nitrogens with zero attached hydrogens (tertiary/aromatic N) is 3. The number of halogens is 1. The van der Waals surface area contributed by atoms with Gasteiger partial charge in [0.15, 0.2) is 0 Å². The molecule has 0 saturated heterocycles. The van der Waals surface area contributed by atoms with E-state index in [4.69, 9.17) is 16.1 Å². The molecule has 0 spiro atoms. The minimum atomic E-state index is -3.72. The highest BCUT2D eigenvalue weighted by Crippen LogP contribution is 2.23. The fourth-order valence-corrected chi connectivity index (χ4v) is 4.15. The molecule has 0 saturated carbocycles. The molecule has 0 fully saturated rings. The first-order valence-electron chi connectivity index (χ1n) is 9.07. The predicted octanol–water partition coefficient (Wildman–Crippen LogP) is 3.17. The van der Waals surface area contributed by atoms with E-state index in [0.29, 0.717) is 16.5 Å². The van der Waals surface area contributed by atoms with Gasteiger partial charge in [0.05, 0.1) is 18.5 Å². The topological polar surface area (TPSA) is 105 Å². The van der Waals surface area contributed by atoms with E-state index in [1.165, 1.54) is 6.92 Å². The Morgan fingerprint density at radius 2 is 1.80 bits per heavy atom. The zero-order valence-electron chi connectivity index (χ0n) is 16.7. The summed E-state index contributed by atoms with van der Waals surface area (Å²) in [4.78, 5) is 16.9. The van der Waals surface area contributed by atoms with Crippen molar-refractivity contribution in [1.82, 2.24) is 15.5 Å². The summed E-state index contributed by atoms with van der Waals surface area (Å²) in [5.74, 6) is 0.111. The van der Waals surface area contributed by atoms with Gasteiger partial charge in [0.2, 0.25) is 27.6 Å². The maximum Gasteiger partial charge on any atom is 0.246 e. The Balaban J connectivity index is 1.70. The van der Waals surface area contributed by atoms with Crippen molar-refractivity contribution in [3.8, 4) is 11.4 Å². The molecule has 0 aliphatic rings. The van der Waals surface area contributed by atoms with Crippen LogP contribution in [0.25, 0.3) is 11.4 Å². The molecule has 1 amide bonds. The predicted molar refractivity (Wildman–Crippen MR) is 115 cm³/mol. The molecular formula is C20H21ClN4O4S. The highest BCUT2D eigenvalue weighted by atomic mass is 35.5. The first kappa shape index (κ1) is 21.8. The molecule has 1 atom stereocenters. The Morgan fingerprint density at radius 3 is 2.40 bits per heavy atom. The van der Waals surface area contributed by atoms with E-state index in [0.717, 1.165) is 21.7 Å². The normalized spacial score (nSPS) is 12.4. The van der Waals surface area contributed by atoms with Gasteiger partial charge in [0.1, 0.15) is 6.04 Å². The number of hydrogen-bond acceptors (Lipinski definition) is 6. The number of aryl methyl sites for hydroxylation is 1. The van der Waals surface area contributed by atoms with Gasteiger partial charge in [-0.05, 0) is 38.1 Å². The lowest BCUT2D eigenvalue weighted by atomic mass is 10.1. The van der Waals surface area contributed by atoms with Crippen LogP contribution < -0.4 is 9.62 Å². The van der Waals surface area contributed by atoms with Crippen molar-refractivity contribution in [3.63, 3.8) is 0 Å². The quantitative estimate of drug-likeness (QED) is 0.595. The Morgan fingerprint density at radius 1 is 1.17 bits per heavy atom. The summed E-state index contributed by atoms with van der Waals surface area (Å²) in [6.07, 6.45) is 1.04. The van der Waals surface area contributed by atoms with Gasteiger partial charge >= 0.3 is 0 Å². The summed E-state index contributed by atoms with van der Waals surface area (Å²) >= 11 is 5.87. The maximum absolute atomic E-state index is 12.6. The summed E-state index contributed by atoms with van der Waals surface area (Å²) in [5.41, 5.74) is 2.24. The Labute approximate surface area is 179 Å². The van der Waals surface area contributed by atoms with Crippen LogP contribution >= 0.6 is 11.6 Å². The number of carbonyl (C=O) groups excluding carboxylic acids is 1. The molecule has 0 radical (unpaired) electrons. The van der Waals surface area contributed by atoms with E-state index in [1.807, 2.05) is 31.2 Å². The summed E-state index contributed by atoms with van der Waals surface area (Å²) < 4.78 is 30.8. The van der Waals surface area contributed by atoms with E-state index >= 15 is 0 Å². The highest BCUT2D eigenvalue weighted by Gasteiger charge is 2.29. The Bertz CT molecular complexity index is 1130. The van der Waals surface area contributed by atoms with Gasteiger partial charge in [-0.25, -0.2) is 8.42 Å². The molecule has 1 aromatic heterocycles. The number of carbonyl (C=O) groups is 1. The molecule has 3 aromatic rings. The standard InChI is InChI=1S/C20H21ClN4O4S/c1-13-4-6-15(7-5-13)19-23-18(29-24-19)12-22-20(26)14(2)25(30(3,27)28)17-10-8-16(21)9-11-17/h4-11,14H,12H2,1-3H3,(H,22,26)/t14-/m0/s1. The Kier molecular flexibility index (Phi) is 6.42. The van der Waals surface area contributed by atoms with Crippen LogP contribution in [0.1, 0.15) is 18.4 Å². The van der Waals surface area contributed by atoms with Crippen molar-refractivity contribution in [3.05, 3.63) is 65.0 Å². The number of aromatic nitrogens is 2. The number of rotatable bonds is 7. The molecule has 1 N–H and O–H groups in total. The highest BCUT2D eigenvalue weighted by molar-refractivity contribution is 7.92. The van der Waals surface area contributed by atoms with Crippen LogP contribution in [0.5, 0.6) is 0 Å². The van der Waals surface area contributed by atoms with Gasteiger partial charge in [-0.2, -0.15) is 4.98 Å². The summed E-state index contributed by atoms with van der Waals surface area (Å²) in [6.45, 7) is 3.45. The van der Waals surface area contributed by atoms with Crippen LogP contribution in [0.15, 0.2) is 53.1 Å². The van der Waals surface area contributed by atoms with Gasteiger partial charge < -0.3 is 9.84 Å². The largest absolute Gasteiger partial charge is 0.345 e. The van der Waals surface area contributed by atoms with Gasteiger partial charge in [0.25, 0.3) is 0 Å². The molecule has 0 bridgehead atoms. The minimum absolute atomic E-state index is 0.0275. The van der Waals surface area contributed by atoms with Gasteiger partial charge in [-0.1, -0.05) is 46.6 Å². The van der Waals surface area contributed by atoms with E-state index in [-0.39, 0.29) is 12.4 Å². The second kappa shape index (κ2) is 8.85. The van der Waals surface area contributed by atoms with Crippen LogP contribution in [-0.2, 0) is 21.4 Å². The lowest BCUT2D eigenvalue weighted by molar-refractivity contribution is -0.122. The van der Waals surface area contributed by atoms with E-state index in [1.54, 1.807) is 24.3 Å². The molecule has 0 aliphatic carbocycles. The molecule has 0 unspecified atom stereocenters. The van der Waals surface area contributed by atoms with E-state index in [9.17, 15) is 13.2 Å². The zero-order valence-corrected chi connectivity index (χ0v) is 18.2. The van der Waals surface area contributed by atoms with Crippen LogP contribution in [0.2, 0.25) is 5.02 Å². The number of anilines is 1. The number of nitrogens with one attached hydrogen (secondary N) is 1. The molecule has 30 heavy (non-hydrogen) atoms. The average molecular weight is 449 g/mol. The molecule has 0 aliphatic heterocycles. The second-order valence-electron chi connectivity index (χ2n) is 6.81. The van der Waals surface area contributed by atoms with E-state index < -0.39 is 22.0 Å². The molecule has 8 nitrogen and oxygen atoms in total. The second-order valence-corrected chi connectivity index (χ2v) is 9.10. The summed E-state index contributed by atoms with van der Waals surface area (Å²) in [7, 11) is -3.72. The monoisotopic (exact) mass is 448 g/mol. The fourth-order valence-electron chi connectivity index (χ4n) is 2.85. The maximum atomic E-state index is 12.6. The van der Waals surface area contributed by atoms with Crippen LogP contribution in [0.3, 0.4) is 0 Å². The van der Waals surface area contributed by atoms with Crippen molar-refractivity contribution in [2.75, 3.05) is 10.6 Å². The van der Waals surface area contributed by atoms with E-state index in [2.05, 4.69) is 15.5 Å². The number of sulfonamides is 1. The molecule has 2 aromatic carbocycles. The number of benzene rings is 2. The summed E-state index contributed by atoms with van der Waals surface area (Å²) in [6, 6.07) is 12.8. The summed E-state index contributed by atoms with van der Waals surface area (Å²) in [5, 5.41) is 7.01. The van der Waals surface area contributed by atoms with Crippen LogP contribution in [0, 0.1) is 6.92 Å². The molecular weight excluding hydrogens is 428 g/mol. The smallest absolute Gasteiger partial charge is 0.246 e.